The highest BCUT2D eigenvalue weighted by Gasteiger charge is 2.07. The van der Waals surface area contributed by atoms with E-state index in [2.05, 4.69) is 0 Å². The van der Waals surface area contributed by atoms with Gasteiger partial charge in [-0.05, 0) is 48.0 Å². The molecule has 7 nitrogen and oxygen atoms in total. The Morgan fingerprint density at radius 1 is 1.08 bits per heavy atom. The van der Waals surface area contributed by atoms with Crippen LogP contribution in [0.15, 0.2) is 54.6 Å². The van der Waals surface area contributed by atoms with Gasteiger partial charge in [0.25, 0.3) is 11.6 Å². The summed E-state index contributed by atoms with van der Waals surface area (Å²) < 4.78 is 5.35. The molecule has 134 valence electrons. The molecular formula is C19H18N2O5. The van der Waals surface area contributed by atoms with Gasteiger partial charge < -0.3 is 9.64 Å². The molecule has 2 rings (SSSR count). The minimum atomic E-state index is -0.478. The summed E-state index contributed by atoms with van der Waals surface area (Å²) >= 11 is 0. The van der Waals surface area contributed by atoms with Gasteiger partial charge in [0.05, 0.1) is 4.92 Å². The number of non-ortho nitro benzene ring substituents is 1. The zero-order valence-electron chi connectivity index (χ0n) is 14.4. The number of rotatable bonds is 7. The van der Waals surface area contributed by atoms with Crippen molar-refractivity contribution in [2.24, 2.45) is 0 Å². The standard InChI is InChI=1S/C19H18N2O5/c1-20(2)19(23)13-26-17-10-6-15(7-11-17)18(22)12-5-14-3-8-16(9-4-14)21(24)25/h3-12H,13H2,1-2H3. The van der Waals surface area contributed by atoms with E-state index in [1.165, 1.54) is 23.1 Å². The molecule has 0 aliphatic carbocycles. The van der Waals surface area contributed by atoms with E-state index in [1.807, 2.05) is 0 Å². The molecule has 26 heavy (non-hydrogen) atoms. The maximum atomic E-state index is 12.2. The fourth-order valence-electron chi connectivity index (χ4n) is 1.96. The first kappa shape index (κ1) is 18.9. The zero-order chi connectivity index (χ0) is 19.1. The molecule has 0 spiro atoms. The third-order valence-electron chi connectivity index (χ3n) is 3.53. The summed E-state index contributed by atoms with van der Waals surface area (Å²) in [6, 6.07) is 12.4. The third-order valence-corrected chi connectivity index (χ3v) is 3.53. The fourth-order valence-corrected chi connectivity index (χ4v) is 1.96. The first-order valence-electron chi connectivity index (χ1n) is 7.76. The first-order chi connectivity index (χ1) is 12.4. The average Bonchev–Trinajstić information content (AvgIpc) is 2.64. The lowest BCUT2D eigenvalue weighted by Crippen LogP contribution is -2.27. The van der Waals surface area contributed by atoms with Crippen LogP contribution in [-0.4, -0.2) is 42.2 Å². The van der Waals surface area contributed by atoms with Gasteiger partial charge in [-0.3, -0.25) is 19.7 Å². The van der Waals surface area contributed by atoms with Gasteiger partial charge in [-0.2, -0.15) is 0 Å². The van der Waals surface area contributed by atoms with E-state index in [4.69, 9.17) is 4.74 Å². The summed E-state index contributed by atoms with van der Waals surface area (Å²) in [5.41, 5.74) is 1.15. The Morgan fingerprint density at radius 2 is 1.69 bits per heavy atom. The molecule has 7 heteroatoms. The molecule has 0 fully saturated rings. The number of nitro benzene ring substituents is 1. The maximum Gasteiger partial charge on any atom is 0.269 e. The number of hydrogen-bond donors (Lipinski definition) is 0. The topological polar surface area (TPSA) is 89.8 Å². The number of carbonyl (C=O) groups is 2. The number of ether oxygens (including phenoxy) is 1. The largest absolute Gasteiger partial charge is 0.484 e. The molecule has 0 bridgehead atoms. The quantitative estimate of drug-likeness (QED) is 0.330. The normalized spacial score (nSPS) is 10.5. The predicted octanol–water partition coefficient (Wildman–Crippen LogP) is 2.96. The Bertz CT molecular complexity index is 824. The summed E-state index contributed by atoms with van der Waals surface area (Å²) in [4.78, 5) is 35.2. The number of allylic oxidation sites excluding steroid dienone is 1. The third kappa shape index (κ3) is 5.27. The SMILES string of the molecule is CN(C)C(=O)COc1ccc(C(=O)C=Cc2ccc([N+](=O)[O-])cc2)cc1. The molecule has 2 aromatic carbocycles. The Labute approximate surface area is 150 Å². The Morgan fingerprint density at radius 3 is 2.23 bits per heavy atom. The van der Waals surface area contributed by atoms with Crippen LogP contribution in [0.3, 0.4) is 0 Å². The van der Waals surface area contributed by atoms with E-state index in [1.54, 1.807) is 56.6 Å². The first-order valence-corrected chi connectivity index (χ1v) is 7.76. The Kier molecular flexibility index (Phi) is 6.21. The minimum absolute atomic E-state index is 0.00295. The van der Waals surface area contributed by atoms with Crippen molar-refractivity contribution in [2.75, 3.05) is 20.7 Å². The molecule has 0 saturated carbocycles. The van der Waals surface area contributed by atoms with E-state index < -0.39 is 4.92 Å². The number of nitro groups is 1. The maximum absolute atomic E-state index is 12.2. The van der Waals surface area contributed by atoms with Gasteiger partial charge >= 0.3 is 0 Å². The van der Waals surface area contributed by atoms with Crippen molar-refractivity contribution in [3.63, 3.8) is 0 Å². The smallest absolute Gasteiger partial charge is 0.269 e. The molecule has 0 heterocycles. The molecule has 0 saturated heterocycles. The lowest BCUT2D eigenvalue weighted by atomic mass is 10.1. The number of hydrogen-bond acceptors (Lipinski definition) is 5. The fraction of sp³-hybridized carbons (Fsp3) is 0.158. The van der Waals surface area contributed by atoms with Crippen molar-refractivity contribution >= 4 is 23.5 Å². The van der Waals surface area contributed by atoms with Crippen molar-refractivity contribution in [3.05, 3.63) is 75.8 Å². The number of likely N-dealkylation sites (N-methyl/N-ethyl adjacent to an activating group) is 1. The van der Waals surface area contributed by atoms with Crippen LogP contribution in [0.1, 0.15) is 15.9 Å². The lowest BCUT2D eigenvalue weighted by Gasteiger charge is -2.11. The van der Waals surface area contributed by atoms with Crippen molar-refractivity contribution < 1.29 is 19.2 Å². The Hall–Kier alpha value is -3.48. The molecule has 0 unspecified atom stereocenters. The van der Waals surface area contributed by atoms with E-state index in [-0.39, 0.29) is 24.0 Å². The molecule has 0 atom stereocenters. The van der Waals surface area contributed by atoms with Crippen molar-refractivity contribution in [1.82, 2.24) is 4.90 Å². The highest BCUT2D eigenvalue weighted by Crippen LogP contribution is 2.15. The summed E-state index contributed by atoms with van der Waals surface area (Å²) in [7, 11) is 3.29. The van der Waals surface area contributed by atoms with Crippen LogP contribution in [0.2, 0.25) is 0 Å². The number of benzene rings is 2. The van der Waals surface area contributed by atoms with Gasteiger partial charge in [0.15, 0.2) is 12.4 Å². The highest BCUT2D eigenvalue weighted by molar-refractivity contribution is 6.06. The number of carbonyl (C=O) groups excluding carboxylic acids is 2. The van der Waals surface area contributed by atoms with Crippen LogP contribution in [0, 0.1) is 10.1 Å². The second kappa shape index (κ2) is 8.57. The van der Waals surface area contributed by atoms with Crippen LogP contribution >= 0.6 is 0 Å². The van der Waals surface area contributed by atoms with Gasteiger partial charge in [0.2, 0.25) is 0 Å². The molecule has 0 aliphatic rings. The second-order valence-corrected chi connectivity index (χ2v) is 5.65. The van der Waals surface area contributed by atoms with E-state index >= 15 is 0 Å². The van der Waals surface area contributed by atoms with Crippen molar-refractivity contribution in [2.45, 2.75) is 0 Å². The van der Waals surface area contributed by atoms with Gasteiger partial charge in [-0.1, -0.05) is 6.08 Å². The molecule has 1 amide bonds. The number of ketones is 1. The van der Waals surface area contributed by atoms with E-state index in [0.29, 0.717) is 16.9 Å². The molecule has 0 aromatic heterocycles. The number of nitrogens with zero attached hydrogens (tertiary/aromatic N) is 2. The molecule has 0 radical (unpaired) electrons. The Balaban J connectivity index is 1.96. The lowest BCUT2D eigenvalue weighted by molar-refractivity contribution is -0.384. The monoisotopic (exact) mass is 354 g/mol. The van der Waals surface area contributed by atoms with Crippen molar-refractivity contribution in [1.29, 1.82) is 0 Å². The highest BCUT2D eigenvalue weighted by atomic mass is 16.6. The second-order valence-electron chi connectivity index (χ2n) is 5.65. The molecular weight excluding hydrogens is 336 g/mol. The van der Waals surface area contributed by atoms with E-state index in [9.17, 15) is 19.7 Å². The van der Waals surface area contributed by atoms with Gasteiger partial charge in [0, 0.05) is 31.8 Å². The zero-order valence-corrected chi connectivity index (χ0v) is 14.4. The number of amides is 1. The summed E-state index contributed by atoms with van der Waals surface area (Å²) in [5.74, 6) is 0.131. The molecule has 2 aromatic rings. The van der Waals surface area contributed by atoms with Gasteiger partial charge in [0.1, 0.15) is 5.75 Å². The van der Waals surface area contributed by atoms with Crippen LogP contribution in [0.25, 0.3) is 6.08 Å². The van der Waals surface area contributed by atoms with Crippen LogP contribution in [0.5, 0.6) is 5.75 Å². The molecule has 0 N–H and O–H groups in total. The van der Waals surface area contributed by atoms with Crippen LogP contribution in [-0.2, 0) is 4.79 Å². The minimum Gasteiger partial charge on any atom is -0.484 e. The predicted molar refractivity (Wildman–Crippen MR) is 97.1 cm³/mol. The van der Waals surface area contributed by atoms with Crippen molar-refractivity contribution in [3.8, 4) is 5.75 Å². The van der Waals surface area contributed by atoms with Gasteiger partial charge in [-0.15, -0.1) is 0 Å². The van der Waals surface area contributed by atoms with Crippen LogP contribution in [0.4, 0.5) is 5.69 Å². The van der Waals surface area contributed by atoms with Gasteiger partial charge in [-0.25, -0.2) is 0 Å². The summed E-state index contributed by atoms with van der Waals surface area (Å²) in [6.45, 7) is -0.0691. The summed E-state index contributed by atoms with van der Waals surface area (Å²) in [6.07, 6.45) is 2.98. The average molecular weight is 354 g/mol. The van der Waals surface area contributed by atoms with E-state index in [0.717, 1.165) is 0 Å². The summed E-state index contributed by atoms with van der Waals surface area (Å²) in [5, 5.41) is 10.6. The molecule has 0 aliphatic heterocycles. The van der Waals surface area contributed by atoms with Crippen LogP contribution < -0.4 is 4.74 Å².